The van der Waals surface area contributed by atoms with E-state index in [1.165, 1.54) is 0 Å². The van der Waals surface area contributed by atoms with Crippen molar-refractivity contribution < 1.29 is 43.5 Å². The first-order valence-corrected chi connectivity index (χ1v) is 15.2. The lowest BCUT2D eigenvalue weighted by molar-refractivity contribution is -0.723. The molecule has 0 bridgehead atoms. The third-order valence-electron chi connectivity index (χ3n) is 6.37. The quantitative estimate of drug-likeness (QED) is 0.216. The second kappa shape index (κ2) is 16.3. The smallest absolute Gasteiger partial charge is 0.500 e. The van der Waals surface area contributed by atoms with E-state index in [0.29, 0.717) is 12.1 Å². The van der Waals surface area contributed by atoms with Gasteiger partial charge in [0, 0.05) is 54.7 Å². The van der Waals surface area contributed by atoms with Gasteiger partial charge in [-0.1, -0.05) is 13.8 Å². The van der Waals surface area contributed by atoms with E-state index in [9.17, 15) is 0 Å². The molecule has 0 radical (unpaired) electrons. The van der Waals surface area contributed by atoms with Crippen LogP contribution in [0.2, 0.25) is 12.1 Å². The lowest BCUT2D eigenvalue weighted by atomic mass is 10.1. The van der Waals surface area contributed by atoms with Crippen molar-refractivity contribution in [1.82, 2.24) is 4.57 Å². The van der Waals surface area contributed by atoms with Crippen LogP contribution in [0.3, 0.4) is 0 Å². The van der Waals surface area contributed by atoms with Gasteiger partial charge in [0.15, 0.2) is 0 Å². The summed E-state index contributed by atoms with van der Waals surface area (Å²) < 4.78 is 38.0. The maximum Gasteiger partial charge on any atom is 0.500 e. The molecule has 1 rings (SSSR count). The van der Waals surface area contributed by atoms with Gasteiger partial charge in [-0.25, -0.2) is 9.13 Å². The van der Waals surface area contributed by atoms with Gasteiger partial charge in [-0.05, 0) is 38.5 Å². The van der Waals surface area contributed by atoms with E-state index >= 15 is 0 Å². The molecule has 0 aromatic carbocycles. The van der Waals surface area contributed by atoms with Crippen molar-refractivity contribution in [3.8, 4) is 0 Å². The molecule has 0 N–H and O–H groups in total. The van der Waals surface area contributed by atoms with Crippen molar-refractivity contribution >= 4 is 17.6 Å². The minimum Gasteiger partial charge on any atom is -1.00 e. The Morgan fingerprint density at radius 2 is 1.22 bits per heavy atom. The van der Waals surface area contributed by atoms with Gasteiger partial charge < -0.3 is 39.0 Å². The van der Waals surface area contributed by atoms with Crippen molar-refractivity contribution in [3.05, 3.63) is 18.7 Å². The number of hydrogen-bond acceptors (Lipinski definition) is 6. The van der Waals surface area contributed by atoms with E-state index < -0.39 is 17.6 Å². The molecule has 1 heterocycles. The Bertz CT molecular complexity index is 538. The Kier molecular flexibility index (Phi) is 16.2. The summed E-state index contributed by atoms with van der Waals surface area (Å²) in [6.07, 6.45) is 13.0. The van der Waals surface area contributed by atoms with Crippen LogP contribution in [0.5, 0.6) is 0 Å². The standard InChI is InChI=1S/C21H45N2O6Si2.ClH/c1-9-20(13-11-17-30(24-3,25-4)26-5)22-15-16-23(19-22)21(10-2)14-12-18-31(27-6,28-7)29-8;/h15-16,19-21H,9-14,17-18H2,1-8H3;1H/q+1;/p-1. The summed E-state index contributed by atoms with van der Waals surface area (Å²) in [6.45, 7) is 4.48. The van der Waals surface area contributed by atoms with E-state index in [1.807, 2.05) is 0 Å². The van der Waals surface area contributed by atoms with Crippen molar-refractivity contribution in [2.45, 2.75) is 76.5 Å². The molecule has 0 aliphatic heterocycles. The van der Waals surface area contributed by atoms with E-state index in [2.05, 4.69) is 41.7 Å². The predicted molar refractivity (Wildman–Crippen MR) is 125 cm³/mol. The van der Waals surface area contributed by atoms with E-state index in [-0.39, 0.29) is 12.4 Å². The molecular formula is C21H45ClN2O6Si2. The summed E-state index contributed by atoms with van der Waals surface area (Å²) in [5.74, 6) is 0. The van der Waals surface area contributed by atoms with Crippen molar-refractivity contribution in [2.75, 3.05) is 42.7 Å². The number of nitrogens with zero attached hydrogens (tertiary/aromatic N) is 2. The van der Waals surface area contributed by atoms with Gasteiger partial charge in [-0.3, -0.25) is 0 Å². The monoisotopic (exact) mass is 512 g/mol. The zero-order valence-corrected chi connectivity index (χ0v) is 24.0. The van der Waals surface area contributed by atoms with Gasteiger partial charge in [0.2, 0.25) is 6.33 Å². The molecule has 0 spiro atoms. The number of imidazole rings is 1. The lowest BCUT2D eigenvalue weighted by Gasteiger charge is -2.25. The summed E-state index contributed by atoms with van der Waals surface area (Å²) in [5, 5.41) is 0. The molecule has 2 atom stereocenters. The van der Waals surface area contributed by atoms with Gasteiger partial charge in [0.05, 0.1) is 0 Å². The maximum atomic E-state index is 5.55. The van der Waals surface area contributed by atoms with Gasteiger partial charge in [-0.2, -0.15) is 0 Å². The highest BCUT2D eigenvalue weighted by molar-refractivity contribution is 6.60. The average Bonchev–Trinajstić information content (AvgIpc) is 3.30. The Morgan fingerprint density at radius 1 is 0.750 bits per heavy atom. The van der Waals surface area contributed by atoms with E-state index in [0.717, 1.165) is 50.6 Å². The Balaban J connectivity index is 0.00000961. The summed E-state index contributed by atoms with van der Waals surface area (Å²) in [6, 6.07) is 2.56. The van der Waals surface area contributed by atoms with Crippen LogP contribution in [0.15, 0.2) is 18.7 Å². The van der Waals surface area contributed by atoms with Crippen molar-refractivity contribution in [2.24, 2.45) is 0 Å². The molecule has 2 unspecified atom stereocenters. The Labute approximate surface area is 203 Å². The number of rotatable bonds is 18. The first-order valence-electron chi connectivity index (χ1n) is 11.3. The fraction of sp³-hybridized carbons (Fsp3) is 0.857. The number of halogens is 1. The minimum absolute atomic E-state index is 0. The van der Waals surface area contributed by atoms with Crippen LogP contribution < -0.4 is 17.0 Å². The Morgan fingerprint density at radius 3 is 1.62 bits per heavy atom. The SMILES string of the molecule is CCC(CCC[Si](OC)(OC)OC)n1cc[n+](C(CC)CCC[Si](OC)(OC)OC)c1.[Cl-]. The molecule has 32 heavy (non-hydrogen) atoms. The average molecular weight is 513 g/mol. The molecule has 0 aliphatic carbocycles. The summed E-state index contributed by atoms with van der Waals surface area (Å²) in [4.78, 5) is 0. The van der Waals surface area contributed by atoms with Crippen molar-refractivity contribution in [1.29, 1.82) is 0 Å². The van der Waals surface area contributed by atoms with Crippen LogP contribution in [0.1, 0.15) is 64.5 Å². The molecule has 0 saturated heterocycles. The van der Waals surface area contributed by atoms with Gasteiger partial charge >= 0.3 is 17.6 Å². The topological polar surface area (TPSA) is 64.2 Å². The second-order valence-corrected chi connectivity index (χ2v) is 14.0. The van der Waals surface area contributed by atoms with E-state index in [4.69, 9.17) is 26.6 Å². The summed E-state index contributed by atoms with van der Waals surface area (Å²) >= 11 is 0. The highest BCUT2D eigenvalue weighted by atomic mass is 35.5. The van der Waals surface area contributed by atoms with Gasteiger partial charge in [-0.15, -0.1) is 0 Å². The van der Waals surface area contributed by atoms with Gasteiger partial charge in [0.1, 0.15) is 24.5 Å². The Hall–Kier alpha value is -0.306. The molecule has 11 heteroatoms. The number of aromatic nitrogens is 2. The van der Waals surface area contributed by atoms with Crippen LogP contribution in [0.4, 0.5) is 0 Å². The van der Waals surface area contributed by atoms with Gasteiger partial charge in [0.25, 0.3) is 0 Å². The van der Waals surface area contributed by atoms with E-state index in [1.54, 1.807) is 42.7 Å². The first-order chi connectivity index (χ1) is 14.9. The highest BCUT2D eigenvalue weighted by Crippen LogP contribution is 2.24. The molecule has 1 aromatic heterocycles. The fourth-order valence-corrected chi connectivity index (χ4v) is 7.66. The lowest BCUT2D eigenvalue weighted by Crippen LogP contribution is -3.00. The predicted octanol–water partition coefficient (Wildman–Crippen LogP) is 0.998. The zero-order chi connectivity index (χ0) is 23.3. The zero-order valence-electron chi connectivity index (χ0n) is 21.3. The highest BCUT2D eigenvalue weighted by Gasteiger charge is 2.38. The third kappa shape index (κ3) is 8.80. The molecule has 0 amide bonds. The molecule has 0 saturated carbocycles. The second-order valence-electron chi connectivity index (χ2n) is 7.81. The number of hydrogen-bond donors (Lipinski definition) is 0. The third-order valence-corrected chi connectivity index (χ3v) is 12.0. The molecule has 190 valence electrons. The summed E-state index contributed by atoms with van der Waals surface area (Å²) in [5.41, 5.74) is 0. The summed E-state index contributed by atoms with van der Waals surface area (Å²) in [7, 11) is 5.05. The molecule has 8 nitrogen and oxygen atoms in total. The normalized spacial score (nSPS) is 14.2. The molecular weight excluding hydrogens is 468 g/mol. The van der Waals surface area contributed by atoms with Crippen LogP contribution in [-0.4, -0.2) is 64.8 Å². The minimum atomic E-state index is -2.50. The molecule has 0 fully saturated rings. The van der Waals surface area contributed by atoms with Crippen molar-refractivity contribution in [3.63, 3.8) is 0 Å². The fourth-order valence-electron chi connectivity index (χ4n) is 4.17. The molecule has 1 aromatic rings. The van der Waals surface area contributed by atoms with Crippen LogP contribution in [0, 0.1) is 0 Å². The molecule has 0 aliphatic rings. The van der Waals surface area contributed by atoms with Crippen LogP contribution in [-0.2, 0) is 26.6 Å². The van der Waals surface area contributed by atoms with Crippen LogP contribution >= 0.6 is 0 Å². The van der Waals surface area contributed by atoms with Crippen LogP contribution in [0.25, 0.3) is 0 Å². The maximum absolute atomic E-state index is 5.55. The largest absolute Gasteiger partial charge is 1.00 e. The first kappa shape index (κ1) is 31.7.